The Labute approximate surface area is 143 Å². The van der Waals surface area contributed by atoms with Crippen LogP contribution in [0.3, 0.4) is 0 Å². The molecule has 3 aromatic rings. The second-order valence-corrected chi connectivity index (χ2v) is 5.32. The Morgan fingerprint density at radius 2 is 2.08 bits per heavy atom. The van der Waals surface area contributed by atoms with Crippen molar-refractivity contribution in [2.75, 3.05) is 12.4 Å². The minimum Gasteiger partial charge on any atom is -0.481 e. The van der Waals surface area contributed by atoms with Gasteiger partial charge in [-0.3, -0.25) is 4.79 Å². The predicted molar refractivity (Wildman–Crippen MR) is 89.8 cm³/mol. The van der Waals surface area contributed by atoms with Crippen molar-refractivity contribution < 1.29 is 18.3 Å². The predicted octanol–water partition coefficient (Wildman–Crippen LogP) is 3.37. The number of nitrogens with one attached hydrogen (secondary N) is 1. The van der Waals surface area contributed by atoms with Gasteiger partial charge in [0.05, 0.1) is 36.7 Å². The highest BCUT2D eigenvalue weighted by Crippen LogP contribution is 2.24. The summed E-state index contributed by atoms with van der Waals surface area (Å²) in [6.07, 6.45) is 1.51. The van der Waals surface area contributed by atoms with E-state index in [0.29, 0.717) is 23.0 Å². The highest BCUT2D eigenvalue weighted by Gasteiger charge is 2.17. The first-order valence-electron chi connectivity index (χ1n) is 7.58. The van der Waals surface area contributed by atoms with E-state index in [1.165, 1.54) is 19.4 Å². The van der Waals surface area contributed by atoms with Crippen LogP contribution in [0.1, 0.15) is 11.5 Å². The highest BCUT2D eigenvalue weighted by atomic mass is 19.1. The van der Waals surface area contributed by atoms with Crippen molar-refractivity contribution in [3.63, 3.8) is 0 Å². The van der Waals surface area contributed by atoms with Crippen LogP contribution in [0.25, 0.3) is 11.5 Å². The van der Waals surface area contributed by atoms with Gasteiger partial charge in [0.15, 0.2) is 0 Å². The summed E-state index contributed by atoms with van der Waals surface area (Å²) in [6, 6.07) is 9.52. The van der Waals surface area contributed by atoms with Crippen molar-refractivity contribution in [1.29, 1.82) is 0 Å². The second-order valence-electron chi connectivity index (χ2n) is 5.32. The van der Waals surface area contributed by atoms with Crippen molar-refractivity contribution in [2.24, 2.45) is 0 Å². The van der Waals surface area contributed by atoms with Gasteiger partial charge in [-0.2, -0.15) is 0 Å². The first-order valence-corrected chi connectivity index (χ1v) is 7.58. The lowest BCUT2D eigenvalue weighted by atomic mass is 10.2. The zero-order chi connectivity index (χ0) is 17.8. The first-order chi connectivity index (χ1) is 12.1. The number of anilines is 1. The van der Waals surface area contributed by atoms with E-state index in [2.05, 4.69) is 15.3 Å². The molecule has 25 heavy (non-hydrogen) atoms. The minimum absolute atomic E-state index is 0.00974. The Bertz CT molecular complexity index is 891. The quantitative estimate of drug-likeness (QED) is 0.770. The summed E-state index contributed by atoms with van der Waals surface area (Å²) in [5.41, 5.74) is 1.26. The summed E-state index contributed by atoms with van der Waals surface area (Å²) < 4.78 is 24.3. The molecule has 128 valence electrons. The topological polar surface area (TPSA) is 77.2 Å². The zero-order valence-electron chi connectivity index (χ0n) is 13.7. The molecule has 0 radical (unpaired) electrons. The van der Waals surface area contributed by atoms with Crippen LogP contribution < -0.4 is 10.1 Å². The molecule has 3 rings (SSSR count). The van der Waals surface area contributed by atoms with E-state index in [1.54, 1.807) is 37.3 Å². The van der Waals surface area contributed by atoms with Crippen LogP contribution in [0.5, 0.6) is 5.88 Å². The maximum Gasteiger partial charge on any atom is 0.230 e. The standard InChI is InChI=1S/C18H16FN3O3/c1-11-15(22-18(25-11)13-5-3-4-6-14(13)19)9-16(23)21-12-7-8-17(24-2)20-10-12/h3-8,10H,9H2,1-2H3,(H,21,23). The molecule has 0 aliphatic carbocycles. The number of amides is 1. The third-order valence-electron chi connectivity index (χ3n) is 3.55. The van der Waals surface area contributed by atoms with E-state index in [1.807, 2.05) is 0 Å². The van der Waals surface area contributed by atoms with Crippen LogP contribution in [-0.2, 0) is 11.2 Å². The number of methoxy groups -OCH3 is 1. The SMILES string of the molecule is COc1ccc(NC(=O)Cc2nc(-c3ccccc3F)oc2C)cn1. The third kappa shape index (κ3) is 3.82. The highest BCUT2D eigenvalue weighted by molar-refractivity contribution is 5.92. The molecule has 0 spiro atoms. The largest absolute Gasteiger partial charge is 0.481 e. The van der Waals surface area contributed by atoms with E-state index >= 15 is 0 Å². The summed E-state index contributed by atoms with van der Waals surface area (Å²) in [7, 11) is 1.51. The molecule has 1 amide bonds. The number of aryl methyl sites for hydroxylation is 1. The first kappa shape index (κ1) is 16.6. The molecule has 7 heteroatoms. The number of benzene rings is 1. The molecule has 0 saturated carbocycles. The summed E-state index contributed by atoms with van der Waals surface area (Å²) in [4.78, 5) is 20.4. The fourth-order valence-corrected chi connectivity index (χ4v) is 2.27. The molecule has 0 fully saturated rings. The van der Waals surface area contributed by atoms with E-state index in [9.17, 15) is 9.18 Å². The molecule has 1 aromatic carbocycles. The minimum atomic E-state index is -0.427. The fourth-order valence-electron chi connectivity index (χ4n) is 2.27. The number of rotatable bonds is 5. The average molecular weight is 341 g/mol. The molecule has 0 aliphatic heterocycles. The van der Waals surface area contributed by atoms with Crippen LogP contribution in [0.15, 0.2) is 47.0 Å². The van der Waals surface area contributed by atoms with Crippen molar-refractivity contribution in [3.8, 4) is 17.3 Å². The van der Waals surface area contributed by atoms with Crippen molar-refractivity contribution in [3.05, 3.63) is 59.9 Å². The van der Waals surface area contributed by atoms with Crippen molar-refractivity contribution in [2.45, 2.75) is 13.3 Å². The number of pyridine rings is 1. The van der Waals surface area contributed by atoms with Crippen LogP contribution in [0.2, 0.25) is 0 Å². The fraction of sp³-hybridized carbons (Fsp3) is 0.167. The molecule has 0 atom stereocenters. The number of carbonyl (C=O) groups excluding carboxylic acids is 1. The van der Waals surface area contributed by atoms with Crippen molar-refractivity contribution >= 4 is 11.6 Å². The van der Waals surface area contributed by atoms with Gasteiger partial charge in [-0.1, -0.05) is 12.1 Å². The molecule has 2 aromatic heterocycles. The Morgan fingerprint density at radius 1 is 1.28 bits per heavy atom. The Hall–Kier alpha value is -3.22. The van der Waals surface area contributed by atoms with Gasteiger partial charge < -0.3 is 14.5 Å². The number of ether oxygens (including phenoxy) is 1. The molecular weight excluding hydrogens is 325 g/mol. The number of oxazole rings is 1. The van der Waals surface area contributed by atoms with Gasteiger partial charge in [-0.15, -0.1) is 0 Å². The van der Waals surface area contributed by atoms with Gasteiger partial charge >= 0.3 is 0 Å². The third-order valence-corrected chi connectivity index (χ3v) is 3.55. The lowest BCUT2D eigenvalue weighted by Gasteiger charge is -2.04. The molecule has 0 aliphatic rings. The van der Waals surface area contributed by atoms with Crippen molar-refractivity contribution in [1.82, 2.24) is 9.97 Å². The Kier molecular flexibility index (Phi) is 4.74. The maximum atomic E-state index is 13.8. The molecule has 0 bridgehead atoms. The monoisotopic (exact) mass is 341 g/mol. The van der Waals surface area contributed by atoms with Gasteiger partial charge in [-0.05, 0) is 25.1 Å². The van der Waals surface area contributed by atoms with E-state index < -0.39 is 5.82 Å². The van der Waals surface area contributed by atoms with Crippen LogP contribution in [0, 0.1) is 12.7 Å². The van der Waals surface area contributed by atoms with E-state index in [-0.39, 0.29) is 23.8 Å². The molecule has 6 nitrogen and oxygen atoms in total. The molecule has 2 heterocycles. The van der Waals surface area contributed by atoms with Gasteiger partial charge in [0.1, 0.15) is 11.6 Å². The lowest BCUT2D eigenvalue weighted by Crippen LogP contribution is -2.15. The maximum absolute atomic E-state index is 13.8. The zero-order valence-corrected chi connectivity index (χ0v) is 13.7. The lowest BCUT2D eigenvalue weighted by molar-refractivity contribution is -0.115. The number of nitrogens with zero attached hydrogens (tertiary/aromatic N) is 2. The normalized spacial score (nSPS) is 10.5. The van der Waals surface area contributed by atoms with Crippen LogP contribution in [-0.4, -0.2) is 23.0 Å². The summed E-state index contributed by atoms with van der Waals surface area (Å²) >= 11 is 0. The van der Waals surface area contributed by atoms with Gasteiger partial charge in [0, 0.05) is 6.07 Å². The van der Waals surface area contributed by atoms with Crippen LogP contribution in [0.4, 0.5) is 10.1 Å². The summed E-state index contributed by atoms with van der Waals surface area (Å²) in [5, 5.41) is 2.72. The number of hydrogen-bond acceptors (Lipinski definition) is 5. The van der Waals surface area contributed by atoms with Gasteiger partial charge in [-0.25, -0.2) is 14.4 Å². The van der Waals surface area contributed by atoms with Crippen LogP contribution >= 0.6 is 0 Å². The number of hydrogen-bond donors (Lipinski definition) is 1. The number of carbonyl (C=O) groups is 1. The Balaban J connectivity index is 1.72. The second kappa shape index (κ2) is 7.12. The summed E-state index contributed by atoms with van der Waals surface area (Å²) in [6.45, 7) is 1.69. The molecule has 1 N–H and O–H groups in total. The van der Waals surface area contributed by atoms with E-state index in [4.69, 9.17) is 9.15 Å². The van der Waals surface area contributed by atoms with Gasteiger partial charge in [0.2, 0.25) is 17.7 Å². The molecular formula is C18H16FN3O3. The molecule has 0 unspecified atom stereocenters. The number of aromatic nitrogens is 2. The molecule has 0 saturated heterocycles. The summed E-state index contributed by atoms with van der Waals surface area (Å²) in [5.74, 6) is 0.387. The Morgan fingerprint density at radius 3 is 2.76 bits per heavy atom. The van der Waals surface area contributed by atoms with E-state index in [0.717, 1.165) is 0 Å². The smallest absolute Gasteiger partial charge is 0.230 e. The number of halogens is 1. The average Bonchev–Trinajstić information content (AvgIpc) is 2.96. The van der Waals surface area contributed by atoms with Gasteiger partial charge in [0.25, 0.3) is 0 Å².